The molecule has 7 heteroatoms. The Morgan fingerprint density at radius 1 is 1.29 bits per heavy atom. The summed E-state index contributed by atoms with van der Waals surface area (Å²) in [7, 11) is 3.69. The minimum atomic E-state index is -0.546. The molecule has 1 amide bonds. The number of carbonyl (C=O) groups is 1. The smallest absolute Gasteiger partial charge is 0.253 e. The van der Waals surface area contributed by atoms with Crippen LogP contribution in [0.25, 0.3) is 0 Å². The van der Waals surface area contributed by atoms with Crippen molar-refractivity contribution in [2.45, 2.75) is 13.5 Å². The van der Waals surface area contributed by atoms with E-state index >= 15 is 0 Å². The van der Waals surface area contributed by atoms with Crippen LogP contribution in [-0.4, -0.2) is 35.0 Å². The summed E-state index contributed by atoms with van der Waals surface area (Å²) in [6, 6.07) is 2.93. The quantitative estimate of drug-likeness (QED) is 0.919. The number of halogens is 1. The summed E-state index contributed by atoms with van der Waals surface area (Å²) in [6.45, 7) is 2.09. The van der Waals surface area contributed by atoms with Gasteiger partial charge in [0.2, 0.25) is 5.95 Å². The van der Waals surface area contributed by atoms with Crippen LogP contribution in [0.4, 0.5) is 10.3 Å². The molecule has 2 aromatic heterocycles. The molecule has 2 rings (SSSR count). The van der Waals surface area contributed by atoms with E-state index in [1.165, 1.54) is 6.20 Å². The van der Waals surface area contributed by atoms with Gasteiger partial charge in [0.1, 0.15) is 5.82 Å². The second-order valence-corrected chi connectivity index (χ2v) is 4.77. The zero-order valence-corrected chi connectivity index (χ0v) is 12.1. The number of aryl methyl sites for hydroxylation is 1. The van der Waals surface area contributed by atoms with Crippen molar-refractivity contribution in [1.29, 1.82) is 0 Å². The van der Waals surface area contributed by atoms with Crippen molar-refractivity contribution in [3.63, 3.8) is 0 Å². The average molecular weight is 289 g/mol. The van der Waals surface area contributed by atoms with Gasteiger partial charge in [0.05, 0.1) is 24.0 Å². The lowest BCUT2D eigenvalue weighted by molar-refractivity contribution is 0.0949. The second-order valence-electron chi connectivity index (χ2n) is 4.77. The van der Waals surface area contributed by atoms with Crippen molar-refractivity contribution < 1.29 is 9.18 Å². The second kappa shape index (κ2) is 6.25. The van der Waals surface area contributed by atoms with Gasteiger partial charge in [0.15, 0.2) is 0 Å². The van der Waals surface area contributed by atoms with Crippen molar-refractivity contribution in [2.24, 2.45) is 0 Å². The third kappa shape index (κ3) is 3.95. The fourth-order valence-corrected chi connectivity index (χ4v) is 1.72. The highest BCUT2D eigenvalue weighted by Gasteiger charge is 2.09. The maximum atomic E-state index is 13.0. The van der Waals surface area contributed by atoms with E-state index in [0.717, 1.165) is 18.0 Å². The highest BCUT2D eigenvalue weighted by molar-refractivity contribution is 5.93. The lowest BCUT2D eigenvalue weighted by Crippen LogP contribution is -2.24. The molecule has 0 unspecified atom stereocenters. The standard InChI is InChI=1S/C14H16FN5O/c1-9-4-12(19-14(18-9)20(2)3)8-17-13(21)10-5-11(15)7-16-6-10/h4-7H,8H2,1-3H3,(H,17,21). The Morgan fingerprint density at radius 2 is 2.05 bits per heavy atom. The molecule has 2 aromatic rings. The van der Waals surface area contributed by atoms with Gasteiger partial charge in [-0.3, -0.25) is 9.78 Å². The Kier molecular flexibility index (Phi) is 4.42. The lowest BCUT2D eigenvalue weighted by Gasteiger charge is -2.12. The molecular formula is C14H16FN5O. The molecule has 0 spiro atoms. The van der Waals surface area contributed by atoms with Crippen LogP contribution >= 0.6 is 0 Å². The van der Waals surface area contributed by atoms with E-state index in [0.29, 0.717) is 11.6 Å². The molecule has 21 heavy (non-hydrogen) atoms. The van der Waals surface area contributed by atoms with Crippen LogP contribution in [-0.2, 0) is 6.54 Å². The van der Waals surface area contributed by atoms with E-state index in [1.54, 1.807) is 11.0 Å². The van der Waals surface area contributed by atoms with Crippen LogP contribution in [0.5, 0.6) is 0 Å². The Labute approximate surface area is 122 Å². The molecule has 0 aliphatic heterocycles. The van der Waals surface area contributed by atoms with Gasteiger partial charge >= 0.3 is 0 Å². The molecule has 0 saturated carbocycles. The van der Waals surface area contributed by atoms with Crippen molar-refractivity contribution in [3.05, 3.63) is 47.3 Å². The van der Waals surface area contributed by atoms with Crippen LogP contribution in [0, 0.1) is 12.7 Å². The molecule has 0 bridgehead atoms. The summed E-state index contributed by atoms with van der Waals surface area (Å²) >= 11 is 0. The van der Waals surface area contributed by atoms with E-state index < -0.39 is 11.7 Å². The zero-order valence-electron chi connectivity index (χ0n) is 12.1. The molecule has 6 nitrogen and oxygen atoms in total. The summed E-state index contributed by atoms with van der Waals surface area (Å²) in [4.78, 5) is 25.9. The largest absolute Gasteiger partial charge is 0.347 e. The predicted molar refractivity (Wildman–Crippen MR) is 76.5 cm³/mol. The molecule has 110 valence electrons. The Bertz CT molecular complexity index is 660. The lowest BCUT2D eigenvalue weighted by atomic mass is 10.2. The number of carbonyl (C=O) groups excluding carboxylic acids is 1. The number of hydrogen-bond donors (Lipinski definition) is 1. The number of pyridine rings is 1. The van der Waals surface area contributed by atoms with E-state index in [2.05, 4.69) is 20.3 Å². The number of nitrogens with zero attached hydrogens (tertiary/aromatic N) is 4. The fourth-order valence-electron chi connectivity index (χ4n) is 1.72. The normalized spacial score (nSPS) is 10.3. The van der Waals surface area contributed by atoms with Gasteiger partial charge in [0.25, 0.3) is 5.91 Å². The van der Waals surface area contributed by atoms with E-state index in [1.807, 2.05) is 21.0 Å². The average Bonchev–Trinajstić information content (AvgIpc) is 2.44. The van der Waals surface area contributed by atoms with Crippen molar-refractivity contribution >= 4 is 11.9 Å². The highest BCUT2D eigenvalue weighted by atomic mass is 19.1. The van der Waals surface area contributed by atoms with Crippen LogP contribution in [0.2, 0.25) is 0 Å². The molecule has 0 atom stereocenters. The van der Waals surface area contributed by atoms with Gasteiger partial charge in [-0.15, -0.1) is 0 Å². The number of aromatic nitrogens is 3. The summed E-state index contributed by atoms with van der Waals surface area (Å²) in [5.74, 6) is -0.369. The minimum Gasteiger partial charge on any atom is -0.347 e. The summed E-state index contributed by atoms with van der Waals surface area (Å²) in [5, 5.41) is 2.68. The van der Waals surface area contributed by atoms with Gasteiger partial charge in [-0.2, -0.15) is 0 Å². The van der Waals surface area contributed by atoms with Gasteiger partial charge in [-0.1, -0.05) is 0 Å². The Balaban J connectivity index is 2.08. The number of amides is 1. The first-order valence-electron chi connectivity index (χ1n) is 6.36. The predicted octanol–water partition coefficient (Wildman–Crippen LogP) is 1.32. The maximum absolute atomic E-state index is 13.0. The first kappa shape index (κ1) is 14.8. The summed E-state index contributed by atoms with van der Waals surface area (Å²) in [5.41, 5.74) is 1.67. The molecule has 0 saturated heterocycles. The molecule has 2 heterocycles. The van der Waals surface area contributed by atoms with E-state index in [-0.39, 0.29) is 12.1 Å². The molecule has 0 aliphatic rings. The highest BCUT2D eigenvalue weighted by Crippen LogP contribution is 2.08. The SMILES string of the molecule is Cc1cc(CNC(=O)c2cncc(F)c2)nc(N(C)C)n1. The summed E-state index contributed by atoms with van der Waals surface area (Å²) in [6.07, 6.45) is 2.36. The van der Waals surface area contributed by atoms with Gasteiger partial charge in [0, 0.05) is 26.0 Å². The van der Waals surface area contributed by atoms with Gasteiger partial charge < -0.3 is 10.2 Å². The van der Waals surface area contributed by atoms with Crippen molar-refractivity contribution in [2.75, 3.05) is 19.0 Å². The third-order valence-corrected chi connectivity index (χ3v) is 2.69. The van der Waals surface area contributed by atoms with Crippen LogP contribution in [0.15, 0.2) is 24.5 Å². The number of rotatable bonds is 4. The van der Waals surface area contributed by atoms with E-state index in [4.69, 9.17) is 0 Å². The molecule has 0 aliphatic carbocycles. The first-order valence-corrected chi connectivity index (χ1v) is 6.36. The Morgan fingerprint density at radius 3 is 2.71 bits per heavy atom. The maximum Gasteiger partial charge on any atom is 0.253 e. The third-order valence-electron chi connectivity index (χ3n) is 2.69. The molecule has 1 N–H and O–H groups in total. The van der Waals surface area contributed by atoms with Crippen LogP contribution in [0.3, 0.4) is 0 Å². The topological polar surface area (TPSA) is 71.0 Å². The molecule has 0 radical (unpaired) electrons. The molecule has 0 fully saturated rings. The van der Waals surface area contributed by atoms with Crippen molar-refractivity contribution in [1.82, 2.24) is 20.3 Å². The summed E-state index contributed by atoms with van der Waals surface area (Å²) < 4.78 is 13.0. The molecular weight excluding hydrogens is 273 g/mol. The monoisotopic (exact) mass is 289 g/mol. The Hall–Kier alpha value is -2.57. The number of hydrogen-bond acceptors (Lipinski definition) is 5. The van der Waals surface area contributed by atoms with Crippen molar-refractivity contribution in [3.8, 4) is 0 Å². The van der Waals surface area contributed by atoms with Crippen LogP contribution in [0.1, 0.15) is 21.7 Å². The number of nitrogens with one attached hydrogen (secondary N) is 1. The number of anilines is 1. The van der Waals surface area contributed by atoms with E-state index in [9.17, 15) is 9.18 Å². The van der Waals surface area contributed by atoms with Gasteiger partial charge in [-0.05, 0) is 19.1 Å². The zero-order chi connectivity index (χ0) is 15.4. The molecule has 0 aromatic carbocycles. The first-order chi connectivity index (χ1) is 9.95. The van der Waals surface area contributed by atoms with Crippen LogP contribution < -0.4 is 10.2 Å². The minimum absolute atomic E-state index is 0.175. The fraction of sp³-hybridized carbons (Fsp3) is 0.286. The van der Waals surface area contributed by atoms with Gasteiger partial charge in [-0.25, -0.2) is 14.4 Å².